The molecule has 2 heterocycles. The summed E-state index contributed by atoms with van der Waals surface area (Å²) in [6, 6.07) is 6.15. The van der Waals surface area contributed by atoms with Gasteiger partial charge in [-0.05, 0) is 32.0 Å². The van der Waals surface area contributed by atoms with Gasteiger partial charge in [0.05, 0.1) is 6.54 Å². The topological polar surface area (TPSA) is 63.5 Å². The quantitative estimate of drug-likeness (QED) is 0.795. The number of aromatic nitrogens is 3. The van der Waals surface area contributed by atoms with Crippen molar-refractivity contribution in [3.05, 3.63) is 41.0 Å². The maximum absolute atomic E-state index is 12.1. The first-order chi connectivity index (χ1) is 12.0. The van der Waals surface area contributed by atoms with Crippen LogP contribution in [0.25, 0.3) is 0 Å². The molecule has 1 amide bonds. The molecule has 0 fully saturated rings. The number of amides is 1. The molecule has 7 nitrogen and oxygen atoms in total. The minimum Gasteiger partial charge on any atom is -0.492 e. The molecule has 0 N–H and O–H groups in total. The molecule has 0 bridgehead atoms. The van der Waals surface area contributed by atoms with Crippen molar-refractivity contribution >= 4 is 5.91 Å². The van der Waals surface area contributed by atoms with Gasteiger partial charge in [-0.2, -0.15) is 0 Å². The number of carbonyl (C=O) groups excluding carboxylic acids is 1. The molecule has 1 aromatic heterocycles. The highest BCUT2D eigenvalue weighted by Gasteiger charge is 2.26. The number of rotatable bonds is 6. The van der Waals surface area contributed by atoms with Crippen molar-refractivity contribution < 1.29 is 9.53 Å². The van der Waals surface area contributed by atoms with E-state index in [4.69, 9.17) is 4.74 Å². The van der Waals surface area contributed by atoms with Gasteiger partial charge in [0, 0.05) is 26.7 Å². The van der Waals surface area contributed by atoms with Crippen LogP contribution in [0.5, 0.6) is 5.75 Å². The van der Waals surface area contributed by atoms with Crippen LogP contribution in [0.3, 0.4) is 0 Å². The summed E-state index contributed by atoms with van der Waals surface area (Å²) in [5, 5.41) is 8.26. The van der Waals surface area contributed by atoms with Crippen molar-refractivity contribution in [1.82, 2.24) is 24.6 Å². The molecule has 25 heavy (non-hydrogen) atoms. The first-order valence-corrected chi connectivity index (χ1v) is 8.52. The first-order valence-electron chi connectivity index (χ1n) is 8.52. The third-order valence-electron chi connectivity index (χ3n) is 4.56. The summed E-state index contributed by atoms with van der Waals surface area (Å²) in [5.74, 6) is 2.16. The van der Waals surface area contributed by atoms with Crippen LogP contribution in [0.2, 0.25) is 0 Å². The van der Waals surface area contributed by atoms with Crippen molar-refractivity contribution in [3.8, 4) is 5.75 Å². The summed E-state index contributed by atoms with van der Waals surface area (Å²) in [6.45, 7) is 7.56. The monoisotopic (exact) mass is 343 g/mol. The number of nitrogens with zero attached hydrogens (tertiary/aromatic N) is 5. The largest absolute Gasteiger partial charge is 0.492 e. The van der Waals surface area contributed by atoms with E-state index in [1.807, 2.05) is 17.7 Å². The molecule has 7 heteroatoms. The molecule has 3 rings (SSSR count). The van der Waals surface area contributed by atoms with E-state index in [1.54, 1.807) is 11.9 Å². The zero-order valence-corrected chi connectivity index (χ0v) is 15.3. The Kier molecular flexibility index (Phi) is 5.03. The summed E-state index contributed by atoms with van der Waals surface area (Å²) in [4.78, 5) is 15.9. The Morgan fingerprint density at radius 1 is 1.20 bits per heavy atom. The number of hydrogen-bond donors (Lipinski definition) is 0. The van der Waals surface area contributed by atoms with E-state index >= 15 is 0 Å². The standard InChI is InChI=1S/C18H25N5O2/c1-13-6-5-7-14(2)16(13)25-11-10-21(3)12-15-19-20-17-18(24)22(4)8-9-23(15)17/h5-7H,8-12H2,1-4H3. The van der Waals surface area contributed by atoms with Gasteiger partial charge in [-0.25, -0.2) is 0 Å². The van der Waals surface area contributed by atoms with Crippen LogP contribution in [0.4, 0.5) is 0 Å². The first kappa shape index (κ1) is 17.4. The van der Waals surface area contributed by atoms with Gasteiger partial charge >= 0.3 is 0 Å². The molecular weight excluding hydrogens is 318 g/mol. The fourth-order valence-electron chi connectivity index (χ4n) is 3.02. The Morgan fingerprint density at radius 2 is 1.92 bits per heavy atom. The lowest BCUT2D eigenvalue weighted by Crippen LogP contribution is -2.38. The highest BCUT2D eigenvalue weighted by Crippen LogP contribution is 2.22. The minimum absolute atomic E-state index is 0.0639. The van der Waals surface area contributed by atoms with E-state index in [0.717, 1.165) is 35.8 Å². The molecule has 1 aliphatic heterocycles. The van der Waals surface area contributed by atoms with Crippen LogP contribution in [-0.4, -0.2) is 64.3 Å². The normalized spacial score (nSPS) is 14.1. The summed E-state index contributed by atoms with van der Waals surface area (Å²) in [5.41, 5.74) is 2.30. The van der Waals surface area contributed by atoms with Gasteiger partial charge < -0.3 is 14.2 Å². The van der Waals surface area contributed by atoms with E-state index < -0.39 is 0 Å². The van der Waals surface area contributed by atoms with E-state index in [9.17, 15) is 4.79 Å². The van der Waals surface area contributed by atoms with Gasteiger partial charge in [0.1, 0.15) is 18.2 Å². The number of likely N-dealkylation sites (N-methyl/N-ethyl adjacent to an activating group) is 2. The van der Waals surface area contributed by atoms with Gasteiger partial charge in [-0.15, -0.1) is 10.2 Å². The zero-order valence-electron chi connectivity index (χ0n) is 15.3. The van der Waals surface area contributed by atoms with Crippen molar-refractivity contribution in [2.75, 3.05) is 33.8 Å². The number of aryl methyl sites for hydroxylation is 2. The van der Waals surface area contributed by atoms with Gasteiger partial charge in [-0.1, -0.05) is 18.2 Å². The maximum atomic E-state index is 12.1. The minimum atomic E-state index is -0.0639. The second-order valence-corrected chi connectivity index (χ2v) is 6.63. The molecule has 0 unspecified atom stereocenters. The molecule has 0 saturated heterocycles. The highest BCUT2D eigenvalue weighted by atomic mass is 16.5. The van der Waals surface area contributed by atoms with Crippen LogP contribution < -0.4 is 4.74 Å². The van der Waals surface area contributed by atoms with Gasteiger partial charge in [0.25, 0.3) is 5.91 Å². The lowest BCUT2D eigenvalue weighted by atomic mass is 10.1. The van der Waals surface area contributed by atoms with E-state index in [2.05, 4.69) is 41.1 Å². The van der Waals surface area contributed by atoms with Crippen molar-refractivity contribution in [2.45, 2.75) is 26.9 Å². The number of carbonyl (C=O) groups is 1. The number of para-hydroxylation sites is 1. The molecule has 1 aliphatic rings. The molecule has 2 aromatic rings. The van der Waals surface area contributed by atoms with Crippen molar-refractivity contribution in [1.29, 1.82) is 0 Å². The third kappa shape index (κ3) is 3.66. The Labute approximate surface area is 148 Å². The SMILES string of the molecule is Cc1cccc(C)c1OCCN(C)Cc1nnc2n1CCN(C)C2=O. The number of ether oxygens (including phenoxy) is 1. The number of fused-ring (bicyclic) bond motifs is 1. The summed E-state index contributed by atoms with van der Waals surface area (Å²) in [6.07, 6.45) is 0. The lowest BCUT2D eigenvalue weighted by Gasteiger charge is -2.24. The van der Waals surface area contributed by atoms with Crippen LogP contribution >= 0.6 is 0 Å². The molecule has 0 saturated carbocycles. The van der Waals surface area contributed by atoms with E-state index in [1.165, 1.54) is 0 Å². The third-order valence-corrected chi connectivity index (χ3v) is 4.56. The molecule has 0 radical (unpaired) electrons. The lowest BCUT2D eigenvalue weighted by molar-refractivity contribution is 0.0739. The smallest absolute Gasteiger partial charge is 0.291 e. The summed E-state index contributed by atoms with van der Waals surface area (Å²) < 4.78 is 7.88. The zero-order chi connectivity index (χ0) is 18.0. The molecule has 134 valence electrons. The molecule has 1 aromatic carbocycles. The van der Waals surface area contributed by atoms with Gasteiger partial charge in [0.2, 0.25) is 5.82 Å². The Balaban J connectivity index is 1.56. The van der Waals surface area contributed by atoms with Crippen LogP contribution in [0, 0.1) is 13.8 Å². The van der Waals surface area contributed by atoms with Crippen LogP contribution in [0.1, 0.15) is 27.6 Å². The Morgan fingerprint density at radius 3 is 2.64 bits per heavy atom. The molecule has 0 aliphatic carbocycles. The molecule has 0 atom stereocenters. The average Bonchev–Trinajstić information content (AvgIpc) is 2.97. The number of benzene rings is 1. The summed E-state index contributed by atoms with van der Waals surface area (Å²) >= 11 is 0. The van der Waals surface area contributed by atoms with E-state index in [0.29, 0.717) is 25.5 Å². The predicted octanol–water partition coefficient (Wildman–Crippen LogP) is 1.49. The molecule has 0 spiro atoms. The maximum Gasteiger partial charge on any atom is 0.291 e. The predicted molar refractivity (Wildman–Crippen MR) is 94.7 cm³/mol. The van der Waals surface area contributed by atoms with Gasteiger partial charge in [0.15, 0.2) is 0 Å². The van der Waals surface area contributed by atoms with E-state index in [-0.39, 0.29) is 5.91 Å². The fraction of sp³-hybridized carbons (Fsp3) is 0.500. The second-order valence-electron chi connectivity index (χ2n) is 6.63. The fourth-order valence-corrected chi connectivity index (χ4v) is 3.02. The Hall–Kier alpha value is -2.41. The van der Waals surface area contributed by atoms with Crippen LogP contribution in [-0.2, 0) is 13.1 Å². The number of hydrogen-bond acceptors (Lipinski definition) is 5. The average molecular weight is 343 g/mol. The summed E-state index contributed by atoms with van der Waals surface area (Å²) in [7, 11) is 3.81. The molecular formula is C18H25N5O2. The van der Waals surface area contributed by atoms with Gasteiger partial charge in [-0.3, -0.25) is 9.69 Å². The highest BCUT2D eigenvalue weighted by molar-refractivity contribution is 5.91. The van der Waals surface area contributed by atoms with Crippen LogP contribution in [0.15, 0.2) is 18.2 Å². The second kappa shape index (κ2) is 7.23. The Bertz CT molecular complexity index is 751. The van der Waals surface area contributed by atoms with Crippen molar-refractivity contribution in [3.63, 3.8) is 0 Å². The van der Waals surface area contributed by atoms with Crippen molar-refractivity contribution in [2.24, 2.45) is 0 Å².